The van der Waals surface area contributed by atoms with Crippen molar-refractivity contribution >= 4 is 11.6 Å². The number of benzene rings is 1. The monoisotopic (exact) mass is 310 g/mol. The highest BCUT2D eigenvalue weighted by atomic mass is 35.5. The van der Waals surface area contributed by atoms with Gasteiger partial charge >= 0.3 is 0 Å². The Kier molecular flexibility index (Phi) is 6.34. The summed E-state index contributed by atoms with van der Waals surface area (Å²) in [4.78, 5) is 2.62. The lowest BCUT2D eigenvalue weighted by Crippen LogP contribution is -2.44. The van der Waals surface area contributed by atoms with Gasteiger partial charge in [-0.25, -0.2) is 0 Å². The van der Waals surface area contributed by atoms with Crippen molar-refractivity contribution in [2.24, 2.45) is 5.92 Å². The molecule has 1 aliphatic heterocycles. The van der Waals surface area contributed by atoms with E-state index in [-0.39, 0.29) is 0 Å². The summed E-state index contributed by atoms with van der Waals surface area (Å²) < 4.78 is 5.40. The molecule has 0 aromatic heterocycles. The van der Waals surface area contributed by atoms with E-state index in [4.69, 9.17) is 16.3 Å². The zero-order chi connectivity index (χ0) is 15.2. The van der Waals surface area contributed by atoms with Crippen LogP contribution in [0.1, 0.15) is 32.3 Å². The van der Waals surface area contributed by atoms with Gasteiger partial charge in [-0.3, -0.25) is 4.90 Å². The second kappa shape index (κ2) is 8.02. The number of methoxy groups -OCH3 is 1. The number of hydrogen-bond donors (Lipinski definition) is 1. The van der Waals surface area contributed by atoms with Crippen molar-refractivity contribution in [2.75, 3.05) is 26.7 Å². The Morgan fingerprint density at radius 3 is 2.62 bits per heavy atom. The lowest BCUT2D eigenvalue weighted by atomic mass is 10.0. The van der Waals surface area contributed by atoms with E-state index < -0.39 is 0 Å². The fraction of sp³-hybridized carbons (Fsp3) is 0.647. The van der Waals surface area contributed by atoms with Gasteiger partial charge in [0, 0.05) is 29.7 Å². The minimum atomic E-state index is 0.609. The molecule has 0 bridgehead atoms. The molecule has 1 atom stereocenters. The number of ether oxygens (including phenoxy) is 1. The van der Waals surface area contributed by atoms with Crippen LogP contribution in [0, 0.1) is 5.92 Å². The largest absolute Gasteiger partial charge is 0.496 e. The van der Waals surface area contributed by atoms with Crippen molar-refractivity contribution < 1.29 is 4.74 Å². The molecule has 1 fully saturated rings. The van der Waals surface area contributed by atoms with E-state index in [1.807, 2.05) is 18.2 Å². The van der Waals surface area contributed by atoms with E-state index >= 15 is 0 Å². The predicted octanol–water partition coefficient (Wildman–Crippen LogP) is 3.56. The molecule has 1 unspecified atom stereocenters. The molecule has 1 saturated heterocycles. The first-order valence-corrected chi connectivity index (χ1v) is 8.26. The molecule has 0 spiro atoms. The molecule has 1 aliphatic rings. The number of hydrogen-bond acceptors (Lipinski definition) is 3. The summed E-state index contributed by atoms with van der Waals surface area (Å²) in [5.74, 6) is 1.56. The van der Waals surface area contributed by atoms with Gasteiger partial charge in [0.15, 0.2) is 0 Å². The highest BCUT2D eigenvalue weighted by Gasteiger charge is 2.24. The molecule has 21 heavy (non-hydrogen) atoms. The van der Waals surface area contributed by atoms with Gasteiger partial charge in [0.25, 0.3) is 0 Å². The van der Waals surface area contributed by atoms with Crippen LogP contribution in [0.15, 0.2) is 18.2 Å². The van der Waals surface area contributed by atoms with Crippen LogP contribution in [0.3, 0.4) is 0 Å². The third-order valence-corrected chi connectivity index (χ3v) is 4.53. The lowest BCUT2D eigenvalue weighted by Gasteiger charge is -2.31. The molecule has 4 heteroatoms. The Balaban J connectivity index is 1.91. The van der Waals surface area contributed by atoms with E-state index in [0.29, 0.717) is 12.0 Å². The Labute approximate surface area is 133 Å². The molecular formula is C17H27ClN2O. The van der Waals surface area contributed by atoms with Gasteiger partial charge in [-0.15, -0.1) is 0 Å². The summed E-state index contributed by atoms with van der Waals surface area (Å²) in [5.41, 5.74) is 1.12. The van der Waals surface area contributed by atoms with Crippen LogP contribution in [0.5, 0.6) is 5.75 Å². The smallest absolute Gasteiger partial charge is 0.123 e. The quantitative estimate of drug-likeness (QED) is 0.833. The zero-order valence-electron chi connectivity index (χ0n) is 13.4. The Morgan fingerprint density at radius 1 is 1.29 bits per heavy atom. The first-order valence-electron chi connectivity index (χ1n) is 7.89. The van der Waals surface area contributed by atoms with Crippen LogP contribution in [-0.2, 0) is 6.54 Å². The Hall–Kier alpha value is -0.770. The summed E-state index contributed by atoms with van der Waals surface area (Å²) in [5, 5.41) is 4.34. The molecule has 3 nitrogen and oxygen atoms in total. The topological polar surface area (TPSA) is 24.5 Å². The van der Waals surface area contributed by atoms with E-state index in [2.05, 4.69) is 24.1 Å². The first-order chi connectivity index (χ1) is 10.1. The number of likely N-dealkylation sites (tertiary alicyclic amines) is 1. The molecule has 1 heterocycles. The molecule has 1 aromatic rings. The molecule has 0 aliphatic carbocycles. The van der Waals surface area contributed by atoms with Crippen LogP contribution in [0.4, 0.5) is 0 Å². The van der Waals surface area contributed by atoms with Gasteiger partial charge in [-0.05, 0) is 50.0 Å². The van der Waals surface area contributed by atoms with Crippen LogP contribution in [-0.4, -0.2) is 37.7 Å². The lowest BCUT2D eigenvalue weighted by molar-refractivity contribution is 0.186. The summed E-state index contributed by atoms with van der Waals surface area (Å²) >= 11 is 6.08. The first kappa shape index (κ1) is 16.6. The minimum Gasteiger partial charge on any atom is -0.496 e. The Bertz CT molecular complexity index is 444. The van der Waals surface area contributed by atoms with E-state index in [1.54, 1.807) is 7.11 Å². The van der Waals surface area contributed by atoms with Crippen molar-refractivity contribution in [1.29, 1.82) is 0 Å². The van der Waals surface area contributed by atoms with Crippen molar-refractivity contribution in [2.45, 2.75) is 39.3 Å². The molecule has 2 rings (SSSR count). The maximum atomic E-state index is 6.08. The number of halogens is 1. The second-order valence-corrected chi connectivity index (χ2v) is 6.58. The summed E-state index contributed by atoms with van der Waals surface area (Å²) in [6.07, 6.45) is 2.68. The van der Waals surface area contributed by atoms with Crippen molar-refractivity contribution in [3.63, 3.8) is 0 Å². The van der Waals surface area contributed by atoms with Crippen LogP contribution in [0.25, 0.3) is 0 Å². The van der Waals surface area contributed by atoms with E-state index in [9.17, 15) is 0 Å². The highest BCUT2D eigenvalue weighted by Crippen LogP contribution is 2.23. The van der Waals surface area contributed by atoms with Crippen LogP contribution in [0.2, 0.25) is 5.02 Å². The molecule has 0 radical (unpaired) electrons. The fourth-order valence-corrected chi connectivity index (χ4v) is 3.29. The summed E-state index contributed by atoms with van der Waals surface area (Å²) in [7, 11) is 1.70. The molecule has 1 N–H and O–H groups in total. The maximum Gasteiger partial charge on any atom is 0.123 e. The van der Waals surface area contributed by atoms with Gasteiger partial charge in [0.2, 0.25) is 0 Å². The van der Waals surface area contributed by atoms with E-state index in [0.717, 1.165) is 29.4 Å². The molecule has 0 amide bonds. The van der Waals surface area contributed by atoms with Gasteiger partial charge in [0.05, 0.1) is 7.11 Å². The van der Waals surface area contributed by atoms with Crippen molar-refractivity contribution in [3.8, 4) is 5.75 Å². The number of rotatable bonds is 7. The third kappa shape index (κ3) is 4.60. The minimum absolute atomic E-state index is 0.609. The standard InChI is InChI=1S/C17H27ClN2O/c1-13(2)16(20-8-4-5-9-20)12-19-11-14-10-15(18)6-7-17(14)21-3/h6-7,10,13,16,19H,4-5,8-9,11-12H2,1-3H3. The van der Waals surface area contributed by atoms with Gasteiger partial charge in [0.1, 0.15) is 5.75 Å². The average molecular weight is 311 g/mol. The van der Waals surface area contributed by atoms with E-state index in [1.165, 1.54) is 25.9 Å². The SMILES string of the molecule is COc1ccc(Cl)cc1CNCC(C(C)C)N1CCCC1. The molecule has 118 valence electrons. The van der Waals surface area contributed by atoms with Gasteiger partial charge < -0.3 is 10.1 Å². The molecule has 1 aromatic carbocycles. The molecular weight excluding hydrogens is 284 g/mol. The van der Waals surface area contributed by atoms with Crippen molar-refractivity contribution in [1.82, 2.24) is 10.2 Å². The van der Waals surface area contributed by atoms with Crippen LogP contribution < -0.4 is 10.1 Å². The summed E-state index contributed by atoms with van der Waals surface area (Å²) in [6.45, 7) is 8.90. The molecule has 0 saturated carbocycles. The second-order valence-electron chi connectivity index (χ2n) is 6.14. The fourth-order valence-electron chi connectivity index (χ4n) is 3.10. The Morgan fingerprint density at radius 2 is 2.00 bits per heavy atom. The highest BCUT2D eigenvalue weighted by molar-refractivity contribution is 6.30. The van der Waals surface area contributed by atoms with Gasteiger partial charge in [-0.2, -0.15) is 0 Å². The van der Waals surface area contributed by atoms with Crippen LogP contribution >= 0.6 is 11.6 Å². The normalized spacial score (nSPS) is 17.4. The predicted molar refractivity (Wildman–Crippen MR) is 89.1 cm³/mol. The number of nitrogens with zero attached hydrogens (tertiary/aromatic N) is 1. The summed E-state index contributed by atoms with van der Waals surface area (Å²) in [6, 6.07) is 6.39. The zero-order valence-corrected chi connectivity index (χ0v) is 14.1. The van der Waals surface area contributed by atoms with Crippen molar-refractivity contribution in [3.05, 3.63) is 28.8 Å². The third-order valence-electron chi connectivity index (χ3n) is 4.29. The maximum absolute atomic E-state index is 6.08. The average Bonchev–Trinajstić information content (AvgIpc) is 2.97. The number of nitrogens with one attached hydrogen (secondary N) is 1. The van der Waals surface area contributed by atoms with Gasteiger partial charge in [-0.1, -0.05) is 25.4 Å².